The van der Waals surface area contributed by atoms with Gasteiger partial charge in [0.15, 0.2) is 0 Å². The lowest BCUT2D eigenvalue weighted by molar-refractivity contribution is 1.41. The number of hydrogen-bond acceptors (Lipinski definition) is 2. The third-order valence-corrected chi connectivity index (χ3v) is 6.02. The number of aryl methyl sites for hydroxylation is 1. The van der Waals surface area contributed by atoms with Gasteiger partial charge in [0.25, 0.3) is 0 Å². The average Bonchev–Trinajstić information content (AvgIpc) is 2.78. The number of pyridine rings is 1. The second-order valence-electron chi connectivity index (χ2n) is 7.57. The molecule has 6 aromatic rings. The number of hydrogen-bond donors (Lipinski definition) is 0. The summed E-state index contributed by atoms with van der Waals surface area (Å²) in [5.41, 5.74) is 2.71. The maximum atomic E-state index is 9.61. The fraction of sp³-hybridized carbons (Fsp3) is 0.0370. The van der Waals surface area contributed by atoms with Gasteiger partial charge in [-0.2, -0.15) is 5.26 Å². The molecule has 0 aliphatic carbocycles. The highest BCUT2D eigenvalue weighted by Gasteiger charge is 2.17. The minimum absolute atomic E-state index is 0.715. The molecular weight excluding hydrogens is 352 g/mol. The van der Waals surface area contributed by atoms with Gasteiger partial charge in [0.2, 0.25) is 0 Å². The number of nitriles is 1. The van der Waals surface area contributed by atoms with Gasteiger partial charge in [-0.15, -0.1) is 0 Å². The van der Waals surface area contributed by atoms with Crippen molar-refractivity contribution in [2.24, 2.45) is 0 Å². The van der Waals surface area contributed by atoms with Crippen LogP contribution in [0.2, 0.25) is 0 Å². The normalized spacial score (nSPS) is 11.6. The monoisotopic (exact) mass is 368 g/mol. The van der Waals surface area contributed by atoms with E-state index in [1.807, 2.05) is 25.3 Å². The maximum Gasteiger partial charge on any atom is 0.0994 e. The molecule has 0 unspecified atom stereocenters. The van der Waals surface area contributed by atoms with Crippen LogP contribution in [-0.2, 0) is 0 Å². The first kappa shape index (κ1) is 16.0. The summed E-state index contributed by atoms with van der Waals surface area (Å²) < 4.78 is 0. The molecule has 0 amide bonds. The van der Waals surface area contributed by atoms with Crippen molar-refractivity contribution >= 4 is 54.0 Å². The smallest absolute Gasteiger partial charge is 0.0994 e. The molecule has 0 fully saturated rings. The molecule has 0 bridgehead atoms. The van der Waals surface area contributed by atoms with E-state index in [2.05, 4.69) is 66.7 Å². The number of nitrogens with zero attached hydrogens (tertiary/aromatic N) is 2. The zero-order chi connectivity index (χ0) is 19.5. The molecule has 0 saturated carbocycles. The largest absolute Gasteiger partial charge is 0.256 e. The Labute approximate surface area is 167 Å². The van der Waals surface area contributed by atoms with Gasteiger partial charge in [-0.3, -0.25) is 4.98 Å². The molecule has 2 heteroatoms. The lowest BCUT2D eigenvalue weighted by Crippen LogP contribution is -1.92. The van der Waals surface area contributed by atoms with Crippen molar-refractivity contribution in [2.75, 3.05) is 0 Å². The molecule has 6 rings (SSSR count). The van der Waals surface area contributed by atoms with Gasteiger partial charge >= 0.3 is 0 Å². The molecule has 1 heterocycles. The van der Waals surface area contributed by atoms with Crippen LogP contribution in [0.25, 0.3) is 54.0 Å². The zero-order valence-corrected chi connectivity index (χ0v) is 15.9. The minimum atomic E-state index is 0.715. The highest BCUT2D eigenvalue weighted by molar-refractivity contribution is 6.38. The van der Waals surface area contributed by atoms with E-state index >= 15 is 0 Å². The summed E-state index contributed by atoms with van der Waals surface area (Å²) in [7, 11) is 0. The Morgan fingerprint density at radius 2 is 1.28 bits per heavy atom. The fourth-order valence-electron chi connectivity index (χ4n) is 4.75. The van der Waals surface area contributed by atoms with Crippen molar-refractivity contribution in [2.45, 2.75) is 6.92 Å². The first-order valence-electron chi connectivity index (χ1n) is 9.72. The van der Waals surface area contributed by atoms with Crippen LogP contribution in [0.15, 0.2) is 79.0 Å². The Bertz CT molecular complexity index is 1670. The molecule has 0 aliphatic rings. The number of fused-ring (bicyclic) bond motifs is 11. The van der Waals surface area contributed by atoms with Gasteiger partial charge in [0.1, 0.15) is 0 Å². The van der Waals surface area contributed by atoms with Gasteiger partial charge in [-0.05, 0) is 63.0 Å². The first-order chi connectivity index (χ1) is 14.3. The lowest BCUT2D eigenvalue weighted by Gasteiger charge is -2.16. The molecule has 1 aromatic heterocycles. The number of benzene rings is 5. The van der Waals surface area contributed by atoms with Crippen molar-refractivity contribution in [1.82, 2.24) is 4.98 Å². The van der Waals surface area contributed by atoms with E-state index in [0.717, 1.165) is 21.9 Å². The number of rotatable bonds is 0. The lowest BCUT2D eigenvalue weighted by atomic mass is 9.87. The van der Waals surface area contributed by atoms with E-state index in [1.165, 1.54) is 37.7 Å². The Hall–Kier alpha value is -3.96. The van der Waals surface area contributed by atoms with Crippen LogP contribution in [-0.4, -0.2) is 4.98 Å². The predicted molar refractivity (Wildman–Crippen MR) is 121 cm³/mol. The summed E-state index contributed by atoms with van der Waals surface area (Å²) in [6, 6.07) is 27.8. The minimum Gasteiger partial charge on any atom is -0.256 e. The molecule has 0 spiro atoms. The fourth-order valence-corrected chi connectivity index (χ4v) is 4.75. The highest BCUT2D eigenvalue weighted by Crippen LogP contribution is 2.43. The first-order valence-corrected chi connectivity index (χ1v) is 9.72. The predicted octanol–water partition coefficient (Wildman–Crippen LogP) is 7.03. The standard InChI is InChI=1S/C27H16N2/c1-16-13-24-23(14-17(16)15-28)22-11-6-12-29-27(22)26-21-10-5-3-8-19(21)18-7-2-4-9-20(18)25(24)26/h2-14H,1H3. The van der Waals surface area contributed by atoms with Crippen molar-refractivity contribution in [3.8, 4) is 6.07 Å². The Morgan fingerprint density at radius 3 is 1.97 bits per heavy atom. The third kappa shape index (κ3) is 2.07. The van der Waals surface area contributed by atoms with E-state index in [9.17, 15) is 5.26 Å². The molecule has 2 nitrogen and oxygen atoms in total. The van der Waals surface area contributed by atoms with E-state index in [4.69, 9.17) is 4.98 Å². The Kier molecular flexibility index (Phi) is 3.19. The molecule has 0 N–H and O–H groups in total. The summed E-state index contributed by atoms with van der Waals surface area (Å²) >= 11 is 0. The molecule has 0 saturated heterocycles. The van der Waals surface area contributed by atoms with Crippen LogP contribution < -0.4 is 0 Å². The molecule has 29 heavy (non-hydrogen) atoms. The van der Waals surface area contributed by atoms with Crippen LogP contribution in [0.4, 0.5) is 0 Å². The van der Waals surface area contributed by atoms with E-state index in [1.54, 1.807) is 0 Å². The second kappa shape index (κ2) is 5.77. The highest BCUT2D eigenvalue weighted by atomic mass is 14.6. The van der Waals surface area contributed by atoms with Gasteiger partial charge in [-0.1, -0.05) is 54.6 Å². The van der Waals surface area contributed by atoms with Gasteiger partial charge < -0.3 is 0 Å². The topological polar surface area (TPSA) is 36.7 Å². The Morgan fingerprint density at radius 1 is 0.655 bits per heavy atom. The summed E-state index contributed by atoms with van der Waals surface area (Å²) in [5.74, 6) is 0. The summed E-state index contributed by atoms with van der Waals surface area (Å²) in [6.07, 6.45) is 1.86. The van der Waals surface area contributed by atoms with Crippen LogP contribution in [0, 0.1) is 18.3 Å². The molecule has 0 radical (unpaired) electrons. The molecule has 134 valence electrons. The Balaban J connectivity index is 2.09. The van der Waals surface area contributed by atoms with Crippen LogP contribution >= 0.6 is 0 Å². The maximum absolute atomic E-state index is 9.61. The van der Waals surface area contributed by atoms with Crippen LogP contribution in [0.5, 0.6) is 0 Å². The molecule has 0 aliphatic heterocycles. The summed E-state index contributed by atoms with van der Waals surface area (Å²) in [5, 5.41) is 20.3. The van der Waals surface area contributed by atoms with Crippen LogP contribution in [0.3, 0.4) is 0 Å². The van der Waals surface area contributed by atoms with Gasteiger partial charge in [0, 0.05) is 22.4 Å². The summed E-state index contributed by atoms with van der Waals surface area (Å²) in [4.78, 5) is 4.81. The summed E-state index contributed by atoms with van der Waals surface area (Å²) in [6.45, 7) is 2.01. The zero-order valence-electron chi connectivity index (χ0n) is 15.9. The van der Waals surface area contributed by atoms with Crippen molar-refractivity contribution in [3.63, 3.8) is 0 Å². The van der Waals surface area contributed by atoms with E-state index in [0.29, 0.717) is 5.56 Å². The third-order valence-electron chi connectivity index (χ3n) is 6.02. The average molecular weight is 368 g/mol. The van der Waals surface area contributed by atoms with Crippen molar-refractivity contribution < 1.29 is 0 Å². The quantitative estimate of drug-likeness (QED) is 0.270. The van der Waals surface area contributed by atoms with E-state index < -0.39 is 0 Å². The van der Waals surface area contributed by atoms with Gasteiger partial charge in [0.05, 0.1) is 17.1 Å². The van der Waals surface area contributed by atoms with E-state index in [-0.39, 0.29) is 0 Å². The van der Waals surface area contributed by atoms with Gasteiger partial charge in [-0.25, -0.2) is 0 Å². The second-order valence-corrected chi connectivity index (χ2v) is 7.57. The van der Waals surface area contributed by atoms with Crippen molar-refractivity contribution in [1.29, 1.82) is 5.26 Å². The van der Waals surface area contributed by atoms with Crippen LogP contribution in [0.1, 0.15) is 11.1 Å². The molecule has 5 aromatic carbocycles. The molecule has 0 atom stereocenters. The van der Waals surface area contributed by atoms with Crippen molar-refractivity contribution in [3.05, 3.63) is 90.1 Å². The molecular formula is C27H16N2. The SMILES string of the molecule is Cc1cc2c(cc1C#N)c1cccnc1c1c3ccccc3c3ccccc3c21. The number of aromatic nitrogens is 1.